The van der Waals surface area contributed by atoms with Crippen LogP contribution in [0.15, 0.2) is 85.5 Å². The molecule has 0 saturated carbocycles. The highest BCUT2D eigenvalue weighted by atomic mass is 16.7. The van der Waals surface area contributed by atoms with Crippen LogP contribution in [0, 0.1) is 11.8 Å². The first-order valence-corrected chi connectivity index (χ1v) is 12.7. The first kappa shape index (κ1) is 22.6. The van der Waals surface area contributed by atoms with Crippen molar-refractivity contribution in [2.75, 3.05) is 20.3 Å². The number of carbonyl (C=O) groups excluding carboxylic acids is 1. The second-order valence-electron chi connectivity index (χ2n) is 10.2. The van der Waals surface area contributed by atoms with E-state index in [1.807, 2.05) is 24.3 Å². The van der Waals surface area contributed by atoms with E-state index < -0.39 is 23.8 Å². The average molecular weight is 497 g/mol. The van der Waals surface area contributed by atoms with Gasteiger partial charge in [0.05, 0.1) is 25.2 Å². The smallest absolute Gasteiger partial charge is 0.330 e. The summed E-state index contributed by atoms with van der Waals surface area (Å²) < 4.78 is 30.4. The van der Waals surface area contributed by atoms with Crippen molar-refractivity contribution in [2.24, 2.45) is 11.8 Å². The molecule has 0 N–H and O–H groups in total. The van der Waals surface area contributed by atoms with E-state index in [9.17, 15) is 4.79 Å². The summed E-state index contributed by atoms with van der Waals surface area (Å²) in [6, 6.07) is 24.9. The Bertz CT molecular complexity index is 1320. The van der Waals surface area contributed by atoms with Crippen molar-refractivity contribution < 1.29 is 28.5 Å². The van der Waals surface area contributed by atoms with Crippen molar-refractivity contribution in [3.05, 3.63) is 108 Å². The van der Waals surface area contributed by atoms with Gasteiger partial charge in [-0.25, -0.2) is 4.79 Å². The van der Waals surface area contributed by atoms with Crippen molar-refractivity contribution >= 4 is 5.97 Å². The van der Waals surface area contributed by atoms with Gasteiger partial charge in [0.15, 0.2) is 12.4 Å². The van der Waals surface area contributed by atoms with Gasteiger partial charge in [-0.2, -0.15) is 0 Å². The van der Waals surface area contributed by atoms with Gasteiger partial charge in [-0.3, -0.25) is 0 Å². The van der Waals surface area contributed by atoms with Crippen LogP contribution in [0.3, 0.4) is 0 Å². The Morgan fingerprint density at radius 1 is 1.00 bits per heavy atom. The molecule has 6 heteroatoms. The van der Waals surface area contributed by atoms with Crippen LogP contribution < -0.4 is 9.47 Å². The molecule has 5 atom stereocenters. The maximum atomic E-state index is 12.6. The van der Waals surface area contributed by atoms with E-state index in [1.54, 1.807) is 7.11 Å². The van der Waals surface area contributed by atoms with Crippen molar-refractivity contribution in [1.82, 2.24) is 0 Å². The Kier molecular flexibility index (Phi) is 5.17. The van der Waals surface area contributed by atoms with Gasteiger partial charge in [0.25, 0.3) is 0 Å². The number of hydrogen-bond donors (Lipinski definition) is 0. The highest BCUT2D eigenvalue weighted by Crippen LogP contribution is 2.66. The zero-order chi connectivity index (χ0) is 25.1. The van der Waals surface area contributed by atoms with Gasteiger partial charge in [-0.1, -0.05) is 55.1 Å². The van der Waals surface area contributed by atoms with E-state index in [1.165, 1.54) is 28.3 Å². The molecule has 8 rings (SSSR count). The molecule has 0 aromatic heterocycles. The summed E-state index contributed by atoms with van der Waals surface area (Å²) in [5.41, 5.74) is 4.42. The number of benzene rings is 3. The molecule has 188 valence electrons. The predicted octanol–water partition coefficient (Wildman–Crippen LogP) is 4.60. The van der Waals surface area contributed by atoms with Crippen LogP contribution in [-0.4, -0.2) is 44.8 Å². The second kappa shape index (κ2) is 8.47. The maximum absolute atomic E-state index is 12.6. The molecule has 2 saturated heterocycles. The van der Waals surface area contributed by atoms with E-state index >= 15 is 0 Å². The number of hydrogen-bond acceptors (Lipinski definition) is 6. The van der Waals surface area contributed by atoms with Crippen molar-refractivity contribution in [3.63, 3.8) is 0 Å². The summed E-state index contributed by atoms with van der Waals surface area (Å²) in [7, 11) is 1.65. The summed E-state index contributed by atoms with van der Waals surface area (Å²) in [5, 5.41) is 0. The van der Waals surface area contributed by atoms with Gasteiger partial charge in [-0.05, 0) is 46.5 Å². The highest BCUT2D eigenvalue weighted by Gasteiger charge is 2.68. The lowest BCUT2D eigenvalue weighted by atomic mass is 9.44. The Balaban J connectivity index is 1.43. The van der Waals surface area contributed by atoms with Crippen molar-refractivity contribution in [2.45, 2.75) is 29.8 Å². The second-order valence-corrected chi connectivity index (χ2v) is 10.2. The molecule has 3 aromatic carbocycles. The molecule has 2 fully saturated rings. The Morgan fingerprint density at radius 3 is 2.30 bits per heavy atom. The number of ether oxygens (including phenoxy) is 5. The molecule has 3 aliphatic carbocycles. The quantitative estimate of drug-likeness (QED) is 0.367. The first-order valence-electron chi connectivity index (χ1n) is 12.7. The first-order chi connectivity index (χ1) is 18.2. The van der Waals surface area contributed by atoms with Crippen LogP contribution in [0.1, 0.15) is 28.2 Å². The van der Waals surface area contributed by atoms with Crippen molar-refractivity contribution in [1.29, 1.82) is 0 Å². The van der Waals surface area contributed by atoms with E-state index in [4.69, 9.17) is 23.7 Å². The molecule has 0 unspecified atom stereocenters. The van der Waals surface area contributed by atoms with Crippen LogP contribution in [-0.2, 0) is 24.4 Å². The van der Waals surface area contributed by atoms with Gasteiger partial charge >= 0.3 is 5.97 Å². The van der Waals surface area contributed by atoms with Crippen LogP contribution in [0.4, 0.5) is 0 Å². The zero-order valence-corrected chi connectivity index (χ0v) is 20.5. The minimum absolute atomic E-state index is 0.0608. The average Bonchev–Trinajstić information content (AvgIpc) is 3.39. The van der Waals surface area contributed by atoms with E-state index in [0.29, 0.717) is 13.2 Å². The molecular weight excluding hydrogens is 468 g/mol. The summed E-state index contributed by atoms with van der Waals surface area (Å²) in [4.78, 5) is 12.6. The molecule has 5 aliphatic rings. The standard InChI is InChI=1S/C31H28O6/c1-3-25(32)37-29-28-27(24-16-34-30(29)36-24)26-20-8-4-6-10-22(20)31(28,23-11-7-5-9-21(23)26)17-35-19-14-12-18(33-2)13-15-19/h3-15,24,26-30H,1,16-17H2,2H3/t24-,26?,27+,28-,29+,30-,31?/m1/s1. The lowest BCUT2D eigenvalue weighted by Crippen LogP contribution is -2.65. The normalized spacial score (nSPS) is 32.0. The zero-order valence-electron chi connectivity index (χ0n) is 20.5. The number of esters is 1. The maximum Gasteiger partial charge on any atom is 0.330 e. The molecule has 0 radical (unpaired) electrons. The molecule has 3 aromatic rings. The molecular formula is C31H28O6. The largest absolute Gasteiger partial charge is 0.497 e. The predicted molar refractivity (Wildman–Crippen MR) is 136 cm³/mol. The van der Waals surface area contributed by atoms with Crippen LogP contribution in [0.25, 0.3) is 0 Å². The fraction of sp³-hybridized carbons (Fsp3) is 0.323. The third kappa shape index (κ3) is 3.15. The molecule has 2 aliphatic heterocycles. The Hall–Kier alpha value is -3.61. The van der Waals surface area contributed by atoms with Gasteiger partial charge in [0, 0.05) is 23.8 Å². The molecule has 0 amide bonds. The SMILES string of the molecule is C=CC(=O)O[C@@H]1[C@@H]2OC[C@@H](O2)[C@H]2C3c4ccccc4C(COc4ccc(OC)cc4)(c4ccccc43)[C@@H]12. The third-order valence-electron chi connectivity index (χ3n) is 8.65. The Morgan fingerprint density at radius 2 is 1.65 bits per heavy atom. The van der Waals surface area contributed by atoms with Crippen LogP contribution in [0.2, 0.25) is 0 Å². The van der Waals surface area contributed by atoms with E-state index in [-0.39, 0.29) is 23.9 Å². The molecule has 37 heavy (non-hydrogen) atoms. The fourth-order valence-electron chi connectivity index (χ4n) is 7.33. The summed E-state index contributed by atoms with van der Waals surface area (Å²) >= 11 is 0. The fourth-order valence-corrected chi connectivity index (χ4v) is 7.33. The number of methoxy groups -OCH3 is 1. The van der Waals surface area contributed by atoms with Crippen LogP contribution in [0.5, 0.6) is 11.5 Å². The minimum atomic E-state index is -0.619. The highest BCUT2D eigenvalue weighted by molar-refractivity contribution is 5.81. The lowest BCUT2D eigenvalue weighted by Gasteiger charge is -2.61. The summed E-state index contributed by atoms with van der Waals surface area (Å²) in [5.74, 6) is 1.11. The van der Waals surface area contributed by atoms with Gasteiger partial charge in [0.1, 0.15) is 18.1 Å². The minimum Gasteiger partial charge on any atom is -0.497 e. The monoisotopic (exact) mass is 496 g/mol. The molecule has 0 spiro atoms. The molecule has 6 nitrogen and oxygen atoms in total. The van der Waals surface area contributed by atoms with Crippen LogP contribution >= 0.6 is 0 Å². The molecule has 2 heterocycles. The van der Waals surface area contributed by atoms with Crippen molar-refractivity contribution in [3.8, 4) is 11.5 Å². The number of rotatable bonds is 6. The summed E-state index contributed by atoms with van der Waals surface area (Å²) in [6.07, 6.45) is -0.107. The number of fused-ring (bicyclic) bond motifs is 2. The topological polar surface area (TPSA) is 63.2 Å². The van der Waals surface area contributed by atoms with Gasteiger partial charge in [0.2, 0.25) is 0 Å². The van der Waals surface area contributed by atoms with Gasteiger partial charge in [-0.15, -0.1) is 0 Å². The van der Waals surface area contributed by atoms with E-state index in [2.05, 4.69) is 55.1 Å². The lowest BCUT2D eigenvalue weighted by molar-refractivity contribution is -0.226. The number of carbonyl (C=O) groups is 1. The third-order valence-corrected chi connectivity index (χ3v) is 8.65. The van der Waals surface area contributed by atoms with Gasteiger partial charge < -0.3 is 23.7 Å². The Labute approximate surface area is 215 Å². The van der Waals surface area contributed by atoms with E-state index in [0.717, 1.165) is 11.5 Å². The molecule has 4 bridgehead atoms. The summed E-state index contributed by atoms with van der Waals surface area (Å²) in [6.45, 7) is 4.48.